The highest BCUT2D eigenvalue weighted by atomic mass is 19.4. The predicted molar refractivity (Wildman–Crippen MR) is 52.1 cm³/mol. The minimum atomic E-state index is -4.90. The number of carbonyl (C=O) groups excluding carboxylic acids is 1. The second kappa shape index (κ2) is 4.73. The molecule has 0 saturated carbocycles. The highest BCUT2D eigenvalue weighted by molar-refractivity contribution is 5.72. The molecule has 0 aliphatic carbocycles. The first-order valence-electron chi connectivity index (χ1n) is 4.84. The van der Waals surface area contributed by atoms with E-state index in [9.17, 15) is 22.4 Å². The Hall–Kier alpha value is -1.59. The van der Waals surface area contributed by atoms with Gasteiger partial charge in [0.15, 0.2) is 0 Å². The third-order valence-electron chi connectivity index (χ3n) is 2.09. The minimum Gasteiger partial charge on any atom is -0.426 e. The number of hydrogen-bond acceptors (Lipinski definition) is 2. The number of alkyl halides is 3. The zero-order valence-electron chi connectivity index (χ0n) is 9.19. The minimum absolute atomic E-state index is 0.0905. The first-order chi connectivity index (χ1) is 7.77. The lowest BCUT2D eigenvalue weighted by Gasteiger charge is -2.14. The normalized spacial score (nSPS) is 11.4. The smallest absolute Gasteiger partial charge is 0.422 e. The Balaban J connectivity index is 3.31. The van der Waals surface area contributed by atoms with Crippen LogP contribution >= 0.6 is 0 Å². The molecular weight excluding hydrogens is 240 g/mol. The third-order valence-corrected chi connectivity index (χ3v) is 2.09. The predicted octanol–water partition coefficient (Wildman–Crippen LogP) is 3.47. The Labute approximate surface area is 95.2 Å². The van der Waals surface area contributed by atoms with Gasteiger partial charge in [-0.25, -0.2) is 4.39 Å². The molecule has 17 heavy (non-hydrogen) atoms. The van der Waals surface area contributed by atoms with E-state index in [0.29, 0.717) is 0 Å². The summed E-state index contributed by atoms with van der Waals surface area (Å²) in [6.45, 7) is 2.64. The van der Waals surface area contributed by atoms with Crippen LogP contribution in [-0.4, -0.2) is 5.97 Å². The number of rotatable bonds is 2. The standard InChI is InChI=1S/C11H10F4O2/c1-3-8(16)17-7-5-4-6(2)10(12)9(7)11(13,14)15/h4-5H,3H2,1-2H3. The molecule has 6 heteroatoms. The van der Waals surface area contributed by atoms with Crippen LogP contribution in [0, 0.1) is 12.7 Å². The van der Waals surface area contributed by atoms with Gasteiger partial charge in [-0.15, -0.1) is 0 Å². The maximum absolute atomic E-state index is 13.4. The van der Waals surface area contributed by atoms with E-state index in [2.05, 4.69) is 4.74 Å². The molecule has 1 aromatic carbocycles. The largest absolute Gasteiger partial charge is 0.426 e. The third kappa shape index (κ3) is 2.95. The molecule has 0 fully saturated rings. The maximum Gasteiger partial charge on any atom is 0.422 e. The van der Waals surface area contributed by atoms with Gasteiger partial charge in [0.2, 0.25) is 0 Å². The van der Waals surface area contributed by atoms with E-state index >= 15 is 0 Å². The highest BCUT2D eigenvalue weighted by Gasteiger charge is 2.39. The molecule has 0 bridgehead atoms. The number of benzene rings is 1. The van der Waals surface area contributed by atoms with E-state index in [-0.39, 0.29) is 12.0 Å². The van der Waals surface area contributed by atoms with Crippen LogP contribution in [0.3, 0.4) is 0 Å². The van der Waals surface area contributed by atoms with Crippen LogP contribution in [0.5, 0.6) is 5.75 Å². The van der Waals surface area contributed by atoms with E-state index in [1.54, 1.807) is 0 Å². The fourth-order valence-electron chi connectivity index (χ4n) is 1.21. The Bertz CT molecular complexity index is 438. The summed E-state index contributed by atoms with van der Waals surface area (Å²) in [5.41, 5.74) is -1.70. The lowest BCUT2D eigenvalue weighted by atomic mass is 10.1. The van der Waals surface area contributed by atoms with Gasteiger partial charge in [0, 0.05) is 6.42 Å². The van der Waals surface area contributed by atoms with Gasteiger partial charge in [0.05, 0.1) is 0 Å². The van der Waals surface area contributed by atoms with Crippen LogP contribution in [0.25, 0.3) is 0 Å². The summed E-state index contributed by atoms with van der Waals surface area (Å²) in [5, 5.41) is 0. The van der Waals surface area contributed by atoms with E-state index < -0.39 is 29.3 Å². The molecule has 0 radical (unpaired) electrons. The quantitative estimate of drug-likeness (QED) is 0.456. The monoisotopic (exact) mass is 250 g/mol. The first-order valence-corrected chi connectivity index (χ1v) is 4.84. The van der Waals surface area contributed by atoms with Crippen molar-refractivity contribution in [2.45, 2.75) is 26.4 Å². The summed E-state index contributed by atoms with van der Waals surface area (Å²) in [6, 6.07) is 2.07. The number of ether oxygens (including phenoxy) is 1. The zero-order valence-corrected chi connectivity index (χ0v) is 9.19. The fraction of sp³-hybridized carbons (Fsp3) is 0.364. The summed E-state index contributed by atoms with van der Waals surface area (Å²) in [7, 11) is 0. The summed E-state index contributed by atoms with van der Waals surface area (Å²) in [6.07, 6.45) is -4.99. The van der Waals surface area contributed by atoms with Gasteiger partial charge in [-0.2, -0.15) is 13.2 Å². The SMILES string of the molecule is CCC(=O)Oc1ccc(C)c(F)c1C(F)(F)F. The molecule has 0 spiro atoms. The number of carbonyl (C=O) groups is 1. The van der Waals surface area contributed by atoms with Crippen LogP contribution in [0.4, 0.5) is 17.6 Å². The molecule has 0 amide bonds. The van der Waals surface area contributed by atoms with Crippen molar-refractivity contribution in [2.24, 2.45) is 0 Å². The van der Waals surface area contributed by atoms with Crippen molar-refractivity contribution in [2.75, 3.05) is 0 Å². The van der Waals surface area contributed by atoms with Gasteiger partial charge in [-0.05, 0) is 18.6 Å². The average molecular weight is 250 g/mol. The number of halogens is 4. The summed E-state index contributed by atoms with van der Waals surface area (Å²) < 4.78 is 55.7. The zero-order chi connectivity index (χ0) is 13.2. The molecular formula is C11H10F4O2. The topological polar surface area (TPSA) is 26.3 Å². The second-order valence-corrected chi connectivity index (χ2v) is 3.39. The molecule has 0 N–H and O–H groups in total. The van der Waals surface area contributed by atoms with Crippen LogP contribution in [0.2, 0.25) is 0 Å². The molecule has 0 aliphatic rings. The second-order valence-electron chi connectivity index (χ2n) is 3.39. The van der Waals surface area contributed by atoms with Crippen LogP contribution in [-0.2, 0) is 11.0 Å². The number of esters is 1. The average Bonchev–Trinajstić information content (AvgIpc) is 2.21. The van der Waals surface area contributed by atoms with Crippen LogP contribution in [0.15, 0.2) is 12.1 Å². The van der Waals surface area contributed by atoms with Crippen LogP contribution < -0.4 is 4.74 Å². The Morgan fingerprint density at radius 2 is 1.94 bits per heavy atom. The van der Waals surface area contributed by atoms with E-state index in [0.717, 1.165) is 12.1 Å². The summed E-state index contributed by atoms with van der Waals surface area (Å²) in [5.74, 6) is -3.06. The number of aryl methyl sites for hydroxylation is 1. The van der Waals surface area contributed by atoms with Crippen molar-refractivity contribution in [1.29, 1.82) is 0 Å². The van der Waals surface area contributed by atoms with Gasteiger partial charge in [-0.3, -0.25) is 4.79 Å². The Morgan fingerprint density at radius 1 is 1.35 bits per heavy atom. The van der Waals surface area contributed by atoms with Gasteiger partial charge in [-0.1, -0.05) is 13.0 Å². The first kappa shape index (κ1) is 13.5. The molecule has 2 nitrogen and oxygen atoms in total. The van der Waals surface area contributed by atoms with Crippen molar-refractivity contribution < 1.29 is 27.1 Å². The van der Waals surface area contributed by atoms with Crippen molar-refractivity contribution in [1.82, 2.24) is 0 Å². The Morgan fingerprint density at radius 3 is 2.41 bits per heavy atom. The lowest BCUT2D eigenvalue weighted by molar-refractivity contribution is -0.144. The Kier molecular flexibility index (Phi) is 3.75. The summed E-state index contributed by atoms with van der Waals surface area (Å²) >= 11 is 0. The maximum atomic E-state index is 13.4. The van der Waals surface area contributed by atoms with Crippen LogP contribution in [0.1, 0.15) is 24.5 Å². The fourth-order valence-corrected chi connectivity index (χ4v) is 1.21. The molecule has 94 valence electrons. The van der Waals surface area contributed by atoms with Crippen molar-refractivity contribution >= 4 is 5.97 Å². The van der Waals surface area contributed by atoms with E-state index in [4.69, 9.17) is 0 Å². The van der Waals surface area contributed by atoms with Crippen molar-refractivity contribution in [3.63, 3.8) is 0 Å². The van der Waals surface area contributed by atoms with Gasteiger partial charge in [0.25, 0.3) is 0 Å². The lowest BCUT2D eigenvalue weighted by Crippen LogP contribution is -2.15. The number of hydrogen-bond donors (Lipinski definition) is 0. The molecule has 0 aromatic heterocycles. The van der Waals surface area contributed by atoms with Crippen molar-refractivity contribution in [3.8, 4) is 5.75 Å². The molecule has 1 rings (SSSR count). The van der Waals surface area contributed by atoms with Crippen molar-refractivity contribution in [3.05, 3.63) is 29.1 Å². The van der Waals surface area contributed by atoms with E-state index in [1.165, 1.54) is 13.8 Å². The molecule has 0 aliphatic heterocycles. The summed E-state index contributed by atoms with van der Waals surface area (Å²) in [4.78, 5) is 10.9. The highest BCUT2D eigenvalue weighted by Crippen LogP contribution is 2.39. The van der Waals surface area contributed by atoms with E-state index in [1.807, 2.05) is 0 Å². The molecule has 0 atom stereocenters. The molecule has 0 unspecified atom stereocenters. The van der Waals surface area contributed by atoms with Gasteiger partial charge < -0.3 is 4.74 Å². The molecule has 0 heterocycles. The van der Waals surface area contributed by atoms with Gasteiger partial charge in [0.1, 0.15) is 17.1 Å². The molecule has 0 saturated heterocycles. The molecule has 1 aromatic rings. The van der Waals surface area contributed by atoms with Gasteiger partial charge >= 0.3 is 12.1 Å².